The molecule has 0 spiro atoms. The standard InChI is InChI=1S/C16H18BrN/c1-11-6-4-5-7-14(11)16(18-3)13-8-9-15(17)12(2)10-13/h4-10,16,18H,1-3H3. The molecule has 0 saturated carbocycles. The quantitative estimate of drug-likeness (QED) is 0.887. The summed E-state index contributed by atoms with van der Waals surface area (Å²) in [6.45, 7) is 4.28. The zero-order valence-electron chi connectivity index (χ0n) is 11.0. The van der Waals surface area contributed by atoms with Gasteiger partial charge in [-0.25, -0.2) is 0 Å². The van der Waals surface area contributed by atoms with E-state index in [0.29, 0.717) is 0 Å². The maximum absolute atomic E-state index is 3.55. The van der Waals surface area contributed by atoms with Crippen LogP contribution in [0, 0.1) is 13.8 Å². The van der Waals surface area contributed by atoms with Gasteiger partial charge < -0.3 is 5.32 Å². The molecule has 0 aliphatic carbocycles. The lowest BCUT2D eigenvalue weighted by molar-refractivity contribution is 0.687. The van der Waals surface area contributed by atoms with Gasteiger partial charge >= 0.3 is 0 Å². The summed E-state index contributed by atoms with van der Waals surface area (Å²) in [6, 6.07) is 15.3. The second-order valence-electron chi connectivity index (χ2n) is 4.59. The summed E-state index contributed by atoms with van der Waals surface area (Å²) in [5, 5.41) is 3.41. The average molecular weight is 304 g/mol. The lowest BCUT2D eigenvalue weighted by Crippen LogP contribution is -2.18. The first-order chi connectivity index (χ1) is 8.63. The topological polar surface area (TPSA) is 12.0 Å². The lowest BCUT2D eigenvalue weighted by atomic mass is 9.94. The Morgan fingerprint density at radius 2 is 1.72 bits per heavy atom. The zero-order valence-corrected chi connectivity index (χ0v) is 12.6. The fraction of sp³-hybridized carbons (Fsp3) is 0.250. The summed E-state index contributed by atoms with van der Waals surface area (Å²) < 4.78 is 1.16. The van der Waals surface area contributed by atoms with Crippen LogP contribution >= 0.6 is 15.9 Å². The van der Waals surface area contributed by atoms with E-state index in [-0.39, 0.29) is 6.04 Å². The van der Waals surface area contributed by atoms with Crippen molar-refractivity contribution in [1.82, 2.24) is 5.32 Å². The van der Waals surface area contributed by atoms with Crippen LogP contribution in [-0.2, 0) is 0 Å². The number of aryl methyl sites for hydroxylation is 2. The third-order valence-corrected chi connectivity index (χ3v) is 4.19. The Morgan fingerprint density at radius 3 is 2.33 bits per heavy atom. The minimum atomic E-state index is 0.248. The molecule has 0 saturated heterocycles. The van der Waals surface area contributed by atoms with Crippen molar-refractivity contribution in [3.63, 3.8) is 0 Å². The van der Waals surface area contributed by atoms with Crippen LogP contribution in [0.4, 0.5) is 0 Å². The second-order valence-corrected chi connectivity index (χ2v) is 5.44. The lowest BCUT2D eigenvalue weighted by Gasteiger charge is -2.20. The molecule has 0 aromatic heterocycles. The number of benzene rings is 2. The monoisotopic (exact) mass is 303 g/mol. The first kappa shape index (κ1) is 13.3. The third kappa shape index (κ3) is 2.65. The smallest absolute Gasteiger partial charge is 0.0577 e. The molecule has 2 rings (SSSR count). The molecule has 0 aliphatic rings. The molecule has 2 heteroatoms. The molecule has 0 bridgehead atoms. The van der Waals surface area contributed by atoms with Gasteiger partial charge in [0.15, 0.2) is 0 Å². The molecule has 2 aromatic rings. The third-order valence-electron chi connectivity index (χ3n) is 3.30. The highest BCUT2D eigenvalue weighted by atomic mass is 79.9. The van der Waals surface area contributed by atoms with E-state index in [9.17, 15) is 0 Å². The number of halogens is 1. The van der Waals surface area contributed by atoms with Crippen LogP contribution < -0.4 is 5.32 Å². The first-order valence-electron chi connectivity index (χ1n) is 6.12. The number of rotatable bonds is 3. The molecule has 1 N–H and O–H groups in total. The highest BCUT2D eigenvalue weighted by molar-refractivity contribution is 9.10. The predicted molar refractivity (Wildman–Crippen MR) is 81.0 cm³/mol. The van der Waals surface area contributed by atoms with Crippen LogP contribution in [0.25, 0.3) is 0 Å². The van der Waals surface area contributed by atoms with Crippen molar-refractivity contribution >= 4 is 15.9 Å². The fourth-order valence-corrected chi connectivity index (χ4v) is 2.51. The van der Waals surface area contributed by atoms with E-state index in [1.807, 2.05) is 7.05 Å². The number of hydrogen-bond donors (Lipinski definition) is 1. The van der Waals surface area contributed by atoms with Gasteiger partial charge in [-0.15, -0.1) is 0 Å². The SMILES string of the molecule is CNC(c1ccc(Br)c(C)c1)c1ccccc1C. The molecule has 1 atom stereocenters. The molecule has 0 aliphatic heterocycles. The van der Waals surface area contributed by atoms with Crippen molar-refractivity contribution in [3.05, 3.63) is 69.2 Å². The molecule has 18 heavy (non-hydrogen) atoms. The Labute approximate surface area is 117 Å². The van der Waals surface area contributed by atoms with E-state index >= 15 is 0 Å². The van der Waals surface area contributed by atoms with Gasteiger partial charge in [-0.2, -0.15) is 0 Å². The summed E-state index contributed by atoms with van der Waals surface area (Å²) in [4.78, 5) is 0. The molecule has 0 heterocycles. The summed E-state index contributed by atoms with van der Waals surface area (Å²) in [6.07, 6.45) is 0. The van der Waals surface area contributed by atoms with E-state index in [4.69, 9.17) is 0 Å². The minimum Gasteiger partial charge on any atom is -0.309 e. The summed E-state index contributed by atoms with van der Waals surface area (Å²) >= 11 is 3.55. The summed E-state index contributed by atoms with van der Waals surface area (Å²) in [5.74, 6) is 0. The van der Waals surface area contributed by atoms with Gasteiger partial charge in [0.1, 0.15) is 0 Å². The van der Waals surface area contributed by atoms with Crippen LogP contribution in [0.5, 0.6) is 0 Å². The molecule has 0 amide bonds. The first-order valence-corrected chi connectivity index (χ1v) is 6.91. The Morgan fingerprint density at radius 1 is 1.00 bits per heavy atom. The van der Waals surface area contributed by atoms with Gasteiger partial charge in [0.05, 0.1) is 6.04 Å². The van der Waals surface area contributed by atoms with Gasteiger partial charge in [0.2, 0.25) is 0 Å². The van der Waals surface area contributed by atoms with E-state index in [1.165, 1.54) is 22.3 Å². The van der Waals surface area contributed by atoms with Crippen molar-refractivity contribution in [2.24, 2.45) is 0 Å². The van der Waals surface area contributed by atoms with Crippen molar-refractivity contribution in [1.29, 1.82) is 0 Å². The molecule has 2 aromatic carbocycles. The van der Waals surface area contributed by atoms with Crippen LogP contribution in [0.1, 0.15) is 28.3 Å². The van der Waals surface area contributed by atoms with Gasteiger partial charge in [-0.05, 0) is 49.2 Å². The predicted octanol–water partition coefficient (Wildman–Crippen LogP) is 4.37. The van der Waals surface area contributed by atoms with E-state index in [2.05, 4.69) is 77.6 Å². The van der Waals surface area contributed by atoms with E-state index in [0.717, 1.165) is 4.47 Å². The normalized spacial score (nSPS) is 12.4. The van der Waals surface area contributed by atoms with Crippen molar-refractivity contribution in [2.75, 3.05) is 7.05 Å². The van der Waals surface area contributed by atoms with Crippen molar-refractivity contribution in [3.8, 4) is 0 Å². The maximum Gasteiger partial charge on any atom is 0.0577 e. The van der Waals surface area contributed by atoms with Gasteiger partial charge in [-0.3, -0.25) is 0 Å². The van der Waals surface area contributed by atoms with Crippen LogP contribution in [0.2, 0.25) is 0 Å². The molecule has 94 valence electrons. The van der Waals surface area contributed by atoms with E-state index in [1.54, 1.807) is 0 Å². The van der Waals surface area contributed by atoms with Crippen LogP contribution in [-0.4, -0.2) is 7.05 Å². The van der Waals surface area contributed by atoms with Crippen LogP contribution in [0.15, 0.2) is 46.9 Å². The minimum absolute atomic E-state index is 0.248. The summed E-state index contributed by atoms with van der Waals surface area (Å²) in [5.41, 5.74) is 5.22. The molecule has 1 unspecified atom stereocenters. The Balaban J connectivity index is 2.45. The highest BCUT2D eigenvalue weighted by Gasteiger charge is 2.14. The molecule has 1 nitrogen and oxygen atoms in total. The van der Waals surface area contributed by atoms with Gasteiger partial charge in [-0.1, -0.05) is 52.3 Å². The van der Waals surface area contributed by atoms with Gasteiger partial charge in [0, 0.05) is 4.47 Å². The number of hydrogen-bond acceptors (Lipinski definition) is 1. The highest BCUT2D eigenvalue weighted by Crippen LogP contribution is 2.27. The number of nitrogens with one attached hydrogen (secondary N) is 1. The summed E-state index contributed by atoms with van der Waals surface area (Å²) in [7, 11) is 2.01. The Kier molecular flexibility index (Phi) is 4.20. The molecule has 0 fully saturated rings. The largest absolute Gasteiger partial charge is 0.309 e. The van der Waals surface area contributed by atoms with Gasteiger partial charge in [0.25, 0.3) is 0 Å². The molecule has 0 radical (unpaired) electrons. The Hall–Kier alpha value is -1.12. The van der Waals surface area contributed by atoms with Crippen molar-refractivity contribution in [2.45, 2.75) is 19.9 Å². The fourth-order valence-electron chi connectivity index (χ4n) is 2.26. The molecular formula is C16H18BrN. The van der Waals surface area contributed by atoms with Crippen molar-refractivity contribution < 1.29 is 0 Å². The zero-order chi connectivity index (χ0) is 13.1. The van der Waals surface area contributed by atoms with Crippen LogP contribution in [0.3, 0.4) is 0 Å². The average Bonchev–Trinajstić information content (AvgIpc) is 2.37. The Bertz CT molecular complexity index is 549. The van der Waals surface area contributed by atoms with E-state index < -0.39 is 0 Å². The maximum atomic E-state index is 3.55. The molecular weight excluding hydrogens is 286 g/mol. The second kappa shape index (κ2) is 5.68.